The van der Waals surface area contributed by atoms with Gasteiger partial charge >= 0.3 is 0 Å². The molecule has 2 aliphatic heterocycles. The number of halogens is 2. The molecule has 150 valence electrons. The Balaban J connectivity index is 0.00000169. The molecule has 0 saturated carbocycles. The van der Waals surface area contributed by atoms with Crippen molar-refractivity contribution in [1.82, 2.24) is 30.5 Å². The van der Waals surface area contributed by atoms with Crippen molar-refractivity contribution in [2.75, 3.05) is 39.3 Å². The Bertz CT molecular complexity index is 527. The number of amides is 1. The maximum absolute atomic E-state index is 12.2. The van der Waals surface area contributed by atoms with E-state index in [9.17, 15) is 4.79 Å². The van der Waals surface area contributed by atoms with E-state index >= 15 is 0 Å². The molecule has 0 atom stereocenters. The number of nitrogens with zero attached hydrogens (tertiary/aromatic N) is 4. The summed E-state index contributed by atoms with van der Waals surface area (Å²) >= 11 is 0. The standard InChI is InChI=1S/C17H30N6O.2ClH/c1-2-22-11-6-14(7-12-22)3-10-19-17(24)16-13-23(21-20-16)15-4-8-18-9-5-15;;/h13-15,18H,2-12H2,1H3,(H,19,24);2*1H. The summed E-state index contributed by atoms with van der Waals surface area (Å²) in [5.41, 5.74) is 0.439. The summed E-state index contributed by atoms with van der Waals surface area (Å²) in [6.45, 7) is 8.49. The van der Waals surface area contributed by atoms with Gasteiger partial charge in [-0.3, -0.25) is 4.79 Å². The van der Waals surface area contributed by atoms with Gasteiger partial charge in [0.2, 0.25) is 0 Å². The molecule has 2 fully saturated rings. The van der Waals surface area contributed by atoms with E-state index in [1.165, 1.54) is 25.9 Å². The highest BCUT2D eigenvalue weighted by atomic mass is 35.5. The lowest BCUT2D eigenvalue weighted by Gasteiger charge is -2.30. The SMILES string of the molecule is CCN1CCC(CCNC(=O)c2cn(C3CCNCC3)nn2)CC1.Cl.Cl. The first kappa shape index (κ1) is 23.1. The van der Waals surface area contributed by atoms with Crippen molar-refractivity contribution in [3.8, 4) is 0 Å². The van der Waals surface area contributed by atoms with E-state index in [1.807, 2.05) is 4.68 Å². The molecule has 3 heterocycles. The predicted molar refractivity (Wildman–Crippen MR) is 107 cm³/mol. The van der Waals surface area contributed by atoms with Crippen LogP contribution < -0.4 is 10.6 Å². The zero-order chi connectivity index (χ0) is 16.8. The zero-order valence-electron chi connectivity index (χ0n) is 15.5. The number of aromatic nitrogens is 3. The average molecular weight is 407 g/mol. The van der Waals surface area contributed by atoms with Gasteiger partial charge in [-0.05, 0) is 70.7 Å². The number of hydrogen-bond acceptors (Lipinski definition) is 5. The molecule has 0 unspecified atom stereocenters. The summed E-state index contributed by atoms with van der Waals surface area (Å²) in [4.78, 5) is 14.7. The summed E-state index contributed by atoms with van der Waals surface area (Å²) in [6.07, 6.45) is 7.43. The number of hydrogen-bond donors (Lipinski definition) is 2. The molecular weight excluding hydrogens is 375 g/mol. The highest BCUT2D eigenvalue weighted by Gasteiger charge is 2.20. The van der Waals surface area contributed by atoms with Crippen LogP contribution in [0.25, 0.3) is 0 Å². The lowest BCUT2D eigenvalue weighted by molar-refractivity contribution is 0.0943. The Morgan fingerprint density at radius 3 is 2.58 bits per heavy atom. The fraction of sp³-hybridized carbons (Fsp3) is 0.824. The maximum Gasteiger partial charge on any atom is 0.273 e. The molecule has 2 aliphatic rings. The van der Waals surface area contributed by atoms with Crippen molar-refractivity contribution in [3.63, 3.8) is 0 Å². The van der Waals surface area contributed by atoms with Crippen LogP contribution in [0.1, 0.15) is 55.6 Å². The van der Waals surface area contributed by atoms with Crippen LogP contribution in [0.2, 0.25) is 0 Å². The molecular formula is C17H32Cl2N6O. The number of rotatable bonds is 6. The Hall–Kier alpha value is -0.890. The molecule has 0 radical (unpaired) electrons. The number of piperidine rings is 2. The third kappa shape index (κ3) is 6.37. The maximum atomic E-state index is 12.2. The van der Waals surface area contributed by atoms with Crippen LogP contribution >= 0.6 is 24.8 Å². The minimum atomic E-state index is -0.0961. The lowest BCUT2D eigenvalue weighted by Crippen LogP contribution is -2.35. The van der Waals surface area contributed by atoms with Gasteiger partial charge in [-0.15, -0.1) is 29.9 Å². The molecule has 0 bridgehead atoms. The third-order valence-corrected chi connectivity index (χ3v) is 5.42. The second kappa shape index (κ2) is 11.7. The molecule has 0 spiro atoms. The zero-order valence-corrected chi connectivity index (χ0v) is 17.2. The first-order valence-electron chi connectivity index (χ1n) is 9.39. The fourth-order valence-corrected chi connectivity index (χ4v) is 3.70. The highest BCUT2D eigenvalue weighted by molar-refractivity contribution is 5.91. The smallest absolute Gasteiger partial charge is 0.273 e. The van der Waals surface area contributed by atoms with Crippen molar-refractivity contribution in [3.05, 3.63) is 11.9 Å². The van der Waals surface area contributed by atoms with Gasteiger partial charge in [0, 0.05) is 6.54 Å². The largest absolute Gasteiger partial charge is 0.351 e. The van der Waals surface area contributed by atoms with Gasteiger partial charge in [0.15, 0.2) is 5.69 Å². The van der Waals surface area contributed by atoms with E-state index < -0.39 is 0 Å². The molecule has 0 aromatic carbocycles. The van der Waals surface area contributed by atoms with Crippen molar-refractivity contribution in [2.24, 2.45) is 5.92 Å². The molecule has 9 heteroatoms. The molecule has 1 aromatic heterocycles. The van der Waals surface area contributed by atoms with Gasteiger partial charge < -0.3 is 15.5 Å². The van der Waals surface area contributed by atoms with Crippen molar-refractivity contribution < 1.29 is 4.79 Å². The van der Waals surface area contributed by atoms with E-state index in [2.05, 4.69) is 32.8 Å². The first-order chi connectivity index (χ1) is 11.8. The monoisotopic (exact) mass is 406 g/mol. The normalized spacial score (nSPS) is 19.4. The van der Waals surface area contributed by atoms with Crippen LogP contribution in [0.4, 0.5) is 0 Å². The highest BCUT2D eigenvalue weighted by Crippen LogP contribution is 2.20. The second-order valence-electron chi connectivity index (χ2n) is 6.99. The van der Waals surface area contributed by atoms with E-state index in [0.29, 0.717) is 11.7 Å². The predicted octanol–water partition coefficient (Wildman–Crippen LogP) is 1.90. The van der Waals surface area contributed by atoms with Crippen LogP contribution in [0, 0.1) is 5.92 Å². The number of nitrogens with one attached hydrogen (secondary N) is 2. The van der Waals surface area contributed by atoms with Gasteiger partial charge in [0.25, 0.3) is 5.91 Å². The second-order valence-corrected chi connectivity index (χ2v) is 6.99. The molecule has 1 aromatic rings. The Morgan fingerprint density at radius 1 is 1.23 bits per heavy atom. The van der Waals surface area contributed by atoms with E-state index in [0.717, 1.165) is 51.4 Å². The Labute approximate surface area is 168 Å². The van der Waals surface area contributed by atoms with E-state index in [4.69, 9.17) is 0 Å². The van der Waals surface area contributed by atoms with Gasteiger partial charge in [-0.1, -0.05) is 12.1 Å². The lowest BCUT2D eigenvalue weighted by atomic mass is 9.93. The molecule has 7 nitrogen and oxygen atoms in total. The van der Waals surface area contributed by atoms with Crippen LogP contribution in [0.3, 0.4) is 0 Å². The average Bonchev–Trinajstić information content (AvgIpc) is 3.13. The van der Waals surface area contributed by atoms with E-state index in [1.54, 1.807) is 6.20 Å². The van der Waals surface area contributed by atoms with Gasteiger partial charge in [-0.25, -0.2) is 4.68 Å². The van der Waals surface area contributed by atoms with Crippen LogP contribution in [-0.2, 0) is 0 Å². The fourth-order valence-electron chi connectivity index (χ4n) is 3.70. The van der Waals surface area contributed by atoms with Crippen molar-refractivity contribution >= 4 is 30.7 Å². The van der Waals surface area contributed by atoms with Crippen LogP contribution in [0.15, 0.2) is 6.20 Å². The third-order valence-electron chi connectivity index (χ3n) is 5.42. The van der Waals surface area contributed by atoms with Crippen LogP contribution in [-0.4, -0.2) is 65.1 Å². The molecule has 26 heavy (non-hydrogen) atoms. The summed E-state index contributed by atoms with van der Waals surface area (Å²) in [5, 5.41) is 14.5. The van der Waals surface area contributed by atoms with Crippen molar-refractivity contribution in [1.29, 1.82) is 0 Å². The molecule has 2 N–H and O–H groups in total. The van der Waals surface area contributed by atoms with Crippen LogP contribution in [0.5, 0.6) is 0 Å². The number of carbonyl (C=O) groups is 1. The summed E-state index contributed by atoms with van der Waals surface area (Å²) in [5.74, 6) is 0.639. The Morgan fingerprint density at radius 2 is 1.92 bits per heavy atom. The molecule has 3 rings (SSSR count). The molecule has 0 aliphatic carbocycles. The molecule has 1 amide bonds. The topological polar surface area (TPSA) is 75.1 Å². The number of likely N-dealkylation sites (tertiary alicyclic amines) is 1. The molecule has 2 saturated heterocycles. The summed E-state index contributed by atoms with van der Waals surface area (Å²) < 4.78 is 1.86. The van der Waals surface area contributed by atoms with Crippen molar-refractivity contribution in [2.45, 2.75) is 45.1 Å². The minimum absolute atomic E-state index is 0. The minimum Gasteiger partial charge on any atom is -0.351 e. The first-order valence-corrected chi connectivity index (χ1v) is 9.39. The summed E-state index contributed by atoms with van der Waals surface area (Å²) in [7, 11) is 0. The summed E-state index contributed by atoms with van der Waals surface area (Å²) in [6, 6.07) is 0.365. The quantitative estimate of drug-likeness (QED) is 0.754. The van der Waals surface area contributed by atoms with E-state index in [-0.39, 0.29) is 30.7 Å². The van der Waals surface area contributed by atoms with Gasteiger partial charge in [0.1, 0.15) is 0 Å². The Kier molecular flexibility index (Phi) is 10.5. The van der Waals surface area contributed by atoms with Gasteiger partial charge in [-0.2, -0.15) is 0 Å². The number of carbonyl (C=O) groups excluding carboxylic acids is 1. The van der Waals surface area contributed by atoms with Gasteiger partial charge in [0.05, 0.1) is 12.2 Å².